The SMILES string of the molecule is CN(c1cccc([SiH](C)c2ccc3c4ccc([Si](C)(C)c5cccc(N(C)c6ccccn6)c5)cc4n(-c4nncnn4)c3c2)c1)c1ccccn1. The number of anilines is 4. The maximum atomic E-state index is 4.57. The predicted octanol–water partition coefficient (Wildman–Crippen LogP) is 5.48. The molecule has 0 saturated carbocycles. The molecule has 0 aliphatic heterocycles. The number of benzene rings is 4. The van der Waals surface area contributed by atoms with Crippen molar-refractivity contribution >= 4 is 82.4 Å². The number of aromatic nitrogens is 7. The standard InChI is InChI=1S/C41H39N9Si2/c1-48(39-16-6-8-22-42-39)29-12-10-14-31(24-29)51(3)32-18-20-35-36-21-19-34(27-38(36)50(37(35)26-32)41-46-44-28-45-47-41)52(4,5)33-15-11-13-30(25-33)49(2)40-17-7-9-23-43-40/h6-28,51H,1-5H3. The molecule has 8 aromatic rings. The van der Waals surface area contributed by atoms with Crippen molar-refractivity contribution in [2.75, 3.05) is 23.9 Å². The first-order valence-corrected chi connectivity index (χ1v) is 22.7. The number of hydrogen-bond donors (Lipinski definition) is 0. The summed E-state index contributed by atoms with van der Waals surface area (Å²) in [6, 6.07) is 43.5. The molecule has 52 heavy (non-hydrogen) atoms. The zero-order valence-corrected chi connectivity index (χ0v) is 32.0. The maximum absolute atomic E-state index is 4.57. The van der Waals surface area contributed by atoms with Crippen molar-refractivity contribution in [1.29, 1.82) is 0 Å². The topological polar surface area (TPSA) is 88.8 Å². The smallest absolute Gasteiger partial charge is 0.273 e. The van der Waals surface area contributed by atoms with Gasteiger partial charge in [0.05, 0.1) is 19.8 Å². The second-order valence-electron chi connectivity index (χ2n) is 13.7. The Morgan fingerprint density at radius 1 is 0.577 bits per heavy atom. The largest absolute Gasteiger partial charge is 0.329 e. The summed E-state index contributed by atoms with van der Waals surface area (Å²) in [6.07, 6.45) is 5.04. The third kappa shape index (κ3) is 6.03. The average Bonchev–Trinajstić information content (AvgIpc) is 3.54. The van der Waals surface area contributed by atoms with E-state index >= 15 is 0 Å². The Labute approximate surface area is 305 Å². The van der Waals surface area contributed by atoms with Crippen molar-refractivity contribution in [1.82, 2.24) is 34.9 Å². The second-order valence-corrected chi connectivity index (χ2v) is 20.9. The van der Waals surface area contributed by atoms with Crippen LogP contribution in [0.3, 0.4) is 0 Å². The van der Waals surface area contributed by atoms with Crippen LogP contribution in [0.2, 0.25) is 19.6 Å². The molecule has 4 heterocycles. The number of hydrogen-bond acceptors (Lipinski definition) is 8. The van der Waals surface area contributed by atoms with E-state index < -0.39 is 16.9 Å². The van der Waals surface area contributed by atoms with Gasteiger partial charge in [-0.2, -0.15) is 0 Å². The molecule has 1 atom stereocenters. The van der Waals surface area contributed by atoms with Crippen molar-refractivity contribution in [2.45, 2.75) is 19.6 Å². The van der Waals surface area contributed by atoms with Gasteiger partial charge in [-0.1, -0.05) is 101 Å². The van der Waals surface area contributed by atoms with Gasteiger partial charge in [-0.15, -0.1) is 20.4 Å². The zero-order valence-electron chi connectivity index (χ0n) is 29.9. The molecule has 0 saturated heterocycles. The van der Waals surface area contributed by atoms with Crippen molar-refractivity contribution < 1.29 is 0 Å². The Bertz CT molecular complexity index is 2510. The third-order valence-electron chi connectivity index (χ3n) is 10.3. The van der Waals surface area contributed by atoms with E-state index in [1.807, 2.05) is 48.8 Å². The van der Waals surface area contributed by atoms with E-state index in [4.69, 9.17) is 0 Å². The van der Waals surface area contributed by atoms with Crippen LogP contribution in [0.5, 0.6) is 0 Å². The normalized spacial score (nSPS) is 12.2. The lowest BCUT2D eigenvalue weighted by Gasteiger charge is -2.26. The van der Waals surface area contributed by atoms with Gasteiger partial charge in [-0.05, 0) is 60.7 Å². The van der Waals surface area contributed by atoms with E-state index in [0.717, 1.165) is 44.8 Å². The minimum absolute atomic E-state index is 0.462. The lowest BCUT2D eigenvalue weighted by atomic mass is 10.1. The van der Waals surface area contributed by atoms with Crippen LogP contribution in [0.25, 0.3) is 27.8 Å². The summed E-state index contributed by atoms with van der Waals surface area (Å²) >= 11 is 0. The number of pyridine rings is 2. The van der Waals surface area contributed by atoms with Crippen LogP contribution < -0.4 is 30.5 Å². The molecule has 4 aromatic heterocycles. The molecular weight excluding hydrogens is 675 g/mol. The summed E-state index contributed by atoms with van der Waals surface area (Å²) < 4.78 is 2.14. The summed E-state index contributed by atoms with van der Waals surface area (Å²) in [6.45, 7) is 7.21. The lowest BCUT2D eigenvalue weighted by Crippen LogP contribution is -2.52. The summed E-state index contributed by atoms with van der Waals surface area (Å²) in [5, 5.41) is 24.8. The van der Waals surface area contributed by atoms with E-state index in [9.17, 15) is 0 Å². The fourth-order valence-electron chi connectivity index (χ4n) is 7.03. The molecule has 0 N–H and O–H groups in total. The molecular formula is C41H39N9Si2. The molecule has 8 rings (SSSR count). The first-order valence-electron chi connectivity index (χ1n) is 17.4. The molecule has 11 heteroatoms. The van der Waals surface area contributed by atoms with Gasteiger partial charge in [-0.3, -0.25) is 4.57 Å². The molecule has 0 aliphatic carbocycles. The monoisotopic (exact) mass is 713 g/mol. The molecule has 0 fully saturated rings. The first kappa shape index (κ1) is 33.1. The first-order chi connectivity index (χ1) is 25.3. The Hall–Kier alpha value is -6.05. The van der Waals surface area contributed by atoms with Crippen LogP contribution >= 0.6 is 0 Å². The fraction of sp³-hybridized carbons (Fsp3) is 0.122. The Balaban J connectivity index is 1.21. The van der Waals surface area contributed by atoms with Gasteiger partial charge in [0, 0.05) is 48.6 Å². The highest BCUT2D eigenvalue weighted by molar-refractivity contribution is 7.00. The summed E-state index contributed by atoms with van der Waals surface area (Å²) in [5.41, 5.74) is 4.34. The molecule has 0 radical (unpaired) electrons. The average molecular weight is 714 g/mol. The Kier molecular flexibility index (Phi) is 8.65. The quantitative estimate of drug-likeness (QED) is 0.182. The lowest BCUT2D eigenvalue weighted by molar-refractivity contribution is 0.801. The van der Waals surface area contributed by atoms with Gasteiger partial charge in [-0.25, -0.2) is 9.97 Å². The molecule has 0 spiro atoms. The van der Waals surface area contributed by atoms with Crippen LogP contribution in [-0.4, -0.2) is 65.9 Å². The van der Waals surface area contributed by atoms with Crippen molar-refractivity contribution in [3.63, 3.8) is 0 Å². The highest BCUT2D eigenvalue weighted by Crippen LogP contribution is 2.31. The summed E-state index contributed by atoms with van der Waals surface area (Å²) in [5.74, 6) is 2.29. The van der Waals surface area contributed by atoms with Crippen LogP contribution in [0, 0.1) is 0 Å². The van der Waals surface area contributed by atoms with Gasteiger partial charge in [0.2, 0.25) is 0 Å². The van der Waals surface area contributed by atoms with Gasteiger partial charge in [0.25, 0.3) is 5.95 Å². The van der Waals surface area contributed by atoms with Crippen molar-refractivity contribution in [3.8, 4) is 5.95 Å². The van der Waals surface area contributed by atoms with E-state index in [1.54, 1.807) is 0 Å². The molecule has 0 bridgehead atoms. The minimum Gasteiger partial charge on any atom is -0.329 e. The Morgan fingerprint density at radius 2 is 1.15 bits per heavy atom. The minimum atomic E-state index is -2.17. The second kappa shape index (κ2) is 13.6. The van der Waals surface area contributed by atoms with Crippen LogP contribution in [-0.2, 0) is 0 Å². The highest BCUT2D eigenvalue weighted by Gasteiger charge is 2.28. The summed E-state index contributed by atoms with van der Waals surface area (Å²) in [7, 11) is 0.365. The molecule has 256 valence electrons. The predicted molar refractivity (Wildman–Crippen MR) is 218 cm³/mol. The van der Waals surface area contributed by atoms with E-state index in [-0.39, 0.29) is 0 Å². The fourth-order valence-corrected chi connectivity index (χ4v) is 11.4. The number of fused-ring (bicyclic) bond motifs is 3. The van der Waals surface area contributed by atoms with E-state index in [1.165, 1.54) is 27.1 Å². The number of rotatable bonds is 9. The van der Waals surface area contributed by atoms with Crippen LogP contribution in [0.15, 0.2) is 140 Å². The van der Waals surface area contributed by atoms with E-state index in [0.29, 0.717) is 5.95 Å². The number of nitrogens with zero attached hydrogens (tertiary/aromatic N) is 9. The van der Waals surface area contributed by atoms with Crippen molar-refractivity contribution in [2.24, 2.45) is 0 Å². The van der Waals surface area contributed by atoms with Gasteiger partial charge in [0.1, 0.15) is 19.7 Å². The van der Waals surface area contributed by atoms with Gasteiger partial charge >= 0.3 is 0 Å². The van der Waals surface area contributed by atoms with Gasteiger partial charge in [0.15, 0.2) is 6.33 Å². The maximum Gasteiger partial charge on any atom is 0.273 e. The van der Waals surface area contributed by atoms with E-state index in [2.05, 4.69) is 163 Å². The van der Waals surface area contributed by atoms with Crippen molar-refractivity contribution in [3.05, 3.63) is 140 Å². The molecule has 0 aliphatic rings. The van der Waals surface area contributed by atoms with Crippen LogP contribution in [0.1, 0.15) is 0 Å². The molecule has 9 nitrogen and oxygen atoms in total. The Morgan fingerprint density at radius 3 is 1.81 bits per heavy atom. The molecule has 0 amide bonds. The molecule has 4 aromatic carbocycles. The molecule has 1 unspecified atom stereocenters. The van der Waals surface area contributed by atoms with Gasteiger partial charge < -0.3 is 9.80 Å². The van der Waals surface area contributed by atoms with Crippen LogP contribution in [0.4, 0.5) is 23.0 Å². The zero-order chi connectivity index (χ0) is 35.8. The third-order valence-corrected chi connectivity index (χ3v) is 16.5. The highest BCUT2D eigenvalue weighted by atomic mass is 28.3. The summed E-state index contributed by atoms with van der Waals surface area (Å²) in [4.78, 5) is 13.4.